The van der Waals surface area contributed by atoms with Crippen LogP contribution in [0.5, 0.6) is 5.75 Å². The molecule has 3 aromatic carbocycles. The first-order chi connectivity index (χ1) is 19.9. The fourth-order valence-corrected chi connectivity index (χ4v) is 5.74. The lowest BCUT2D eigenvalue weighted by molar-refractivity contribution is -0.141. The van der Waals surface area contributed by atoms with Gasteiger partial charge in [-0.3, -0.25) is 13.9 Å². The average Bonchev–Trinajstić information content (AvgIpc) is 2.94. The molecule has 1 N–H and O–H groups in total. The molecule has 0 bridgehead atoms. The highest BCUT2D eigenvalue weighted by Crippen LogP contribution is 2.23. The Balaban J connectivity index is 1.90. The molecule has 0 saturated heterocycles. The largest absolute Gasteiger partial charge is 0.497 e. The number of hydrogen-bond donors (Lipinski definition) is 1. The van der Waals surface area contributed by atoms with Crippen LogP contribution in [0.1, 0.15) is 48.9 Å². The van der Waals surface area contributed by atoms with Crippen LogP contribution in [0.3, 0.4) is 0 Å². The van der Waals surface area contributed by atoms with Crippen molar-refractivity contribution >= 4 is 27.5 Å². The fourth-order valence-electron chi connectivity index (χ4n) is 4.79. The Morgan fingerprint density at radius 3 is 2.21 bits per heavy atom. The van der Waals surface area contributed by atoms with Gasteiger partial charge in [0.25, 0.3) is 0 Å². The smallest absolute Gasteiger partial charge is 0.243 e. The lowest BCUT2D eigenvalue weighted by Crippen LogP contribution is -2.51. The third-order valence-corrected chi connectivity index (χ3v) is 8.31. The van der Waals surface area contributed by atoms with Crippen molar-refractivity contribution in [3.05, 3.63) is 95.1 Å². The number of carbonyl (C=O) groups excluding carboxylic acids is 2. The Hall–Kier alpha value is -3.85. The number of hydrogen-bond acceptors (Lipinski definition) is 5. The number of methoxy groups -OCH3 is 1. The first kappa shape index (κ1) is 32.7. The van der Waals surface area contributed by atoms with Crippen molar-refractivity contribution < 1.29 is 22.7 Å². The molecule has 42 heavy (non-hydrogen) atoms. The Morgan fingerprint density at radius 2 is 1.60 bits per heavy atom. The van der Waals surface area contributed by atoms with Gasteiger partial charge in [-0.05, 0) is 80.6 Å². The number of anilines is 1. The van der Waals surface area contributed by atoms with E-state index in [4.69, 9.17) is 4.74 Å². The number of ether oxygens (including phenoxy) is 1. The lowest BCUT2D eigenvalue weighted by atomic mass is 10.0. The van der Waals surface area contributed by atoms with Gasteiger partial charge in [-0.25, -0.2) is 8.42 Å². The summed E-state index contributed by atoms with van der Waals surface area (Å²) in [4.78, 5) is 29.1. The Labute approximate surface area is 250 Å². The standard InChI is InChI=1S/C33H43N3O5S/c1-24(2)34-33(38)31(22-27-12-8-7-9-13-27)35(23-28-14-10-15-30(21-28)41-5)32(37)16-11-19-36(42(6,39)40)29-18-17-25(3)26(4)20-29/h7-10,12-15,17-18,20-21,24,31H,11,16,19,22-23H2,1-6H3,(H,34,38)/t31-/m1/s1. The van der Waals surface area contributed by atoms with Crippen molar-refractivity contribution in [3.8, 4) is 5.75 Å². The average molecular weight is 594 g/mol. The summed E-state index contributed by atoms with van der Waals surface area (Å²) < 4.78 is 32.1. The van der Waals surface area contributed by atoms with E-state index in [1.165, 1.54) is 10.6 Å². The molecule has 0 spiro atoms. The van der Waals surface area contributed by atoms with Gasteiger partial charge in [0.05, 0.1) is 19.1 Å². The van der Waals surface area contributed by atoms with E-state index in [1.807, 2.05) is 94.4 Å². The molecule has 0 aliphatic carbocycles. The van der Waals surface area contributed by atoms with E-state index >= 15 is 0 Å². The molecular weight excluding hydrogens is 550 g/mol. The predicted octanol–water partition coefficient (Wildman–Crippen LogP) is 5.02. The number of nitrogens with one attached hydrogen (secondary N) is 1. The molecule has 0 fully saturated rings. The lowest BCUT2D eigenvalue weighted by Gasteiger charge is -2.32. The zero-order chi connectivity index (χ0) is 30.9. The van der Waals surface area contributed by atoms with Gasteiger partial charge >= 0.3 is 0 Å². The van der Waals surface area contributed by atoms with Crippen molar-refractivity contribution in [2.24, 2.45) is 0 Å². The second-order valence-corrected chi connectivity index (χ2v) is 12.9. The predicted molar refractivity (Wildman–Crippen MR) is 168 cm³/mol. The van der Waals surface area contributed by atoms with Gasteiger partial charge in [0.2, 0.25) is 21.8 Å². The molecular formula is C33H43N3O5S. The molecule has 0 saturated carbocycles. The molecule has 0 aliphatic rings. The van der Waals surface area contributed by atoms with Crippen LogP contribution in [0.4, 0.5) is 5.69 Å². The maximum Gasteiger partial charge on any atom is 0.243 e. The quantitative estimate of drug-likeness (QED) is 0.283. The van der Waals surface area contributed by atoms with Crippen LogP contribution < -0.4 is 14.4 Å². The Morgan fingerprint density at radius 1 is 0.905 bits per heavy atom. The summed E-state index contributed by atoms with van der Waals surface area (Å²) in [7, 11) is -1.99. The number of carbonyl (C=O) groups is 2. The Kier molecular flexibility index (Phi) is 11.6. The second-order valence-electron chi connectivity index (χ2n) is 10.9. The minimum absolute atomic E-state index is 0.0705. The van der Waals surface area contributed by atoms with Gasteiger partial charge in [-0.2, -0.15) is 0 Å². The molecule has 0 aliphatic heterocycles. The number of rotatable bonds is 14. The summed E-state index contributed by atoms with van der Waals surface area (Å²) in [6, 6.07) is 21.7. The van der Waals surface area contributed by atoms with Gasteiger partial charge in [-0.15, -0.1) is 0 Å². The van der Waals surface area contributed by atoms with E-state index in [0.29, 0.717) is 17.9 Å². The molecule has 1 atom stereocenters. The van der Waals surface area contributed by atoms with Crippen LogP contribution in [0.2, 0.25) is 0 Å². The number of aryl methyl sites for hydroxylation is 2. The van der Waals surface area contributed by atoms with Crippen LogP contribution in [-0.2, 0) is 32.6 Å². The molecule has 9 heteroatoms. The number of amides is 2. The number of sulfonamides is 1. The topological polar surface area (TPSA) is 96.0 Å². The van der Waals surface area contributed by atoms with Crippen molar-refractivity contribution in [1.82, 2.24) is 10.2 Å². The van der Waals surface area contributed by atoms with Gasteiger partial charge < -0.3 is 15.0 Å². The molecule has 2 amide bonds. The minimum Gasteiger partial charge on any atom is -0.497 e. The highest BCUT2D eigenvalue weighted by molar-refractivity contribution is 7.92. The summed E-state index contributed by atoms with van der Waals surface area (Å²) in [5.41, 5.74) is 4.38. The third-order valence-electron chi connectivity index (χ3n) is 7.12. The molecule has 0 radical (unpaired) electrons. The molecule has 3 rings (SSSR count). The van der Waals surface area contributed by atoms with Crippen LogP contribution in [-0.4, -0.2) is 57.1 Å². The maximum absolute atomic E-state index is 13.9. The zero-order valence-corrected chi connectivity index (χ0v) is 26.3. The summed E-state index contributed by atoms with van der Waals surface area (Å²) in [5, 5.41) is 2.99. The highest BCUT2D eigenvalue weighted by Gasteiger charge is 2.31. The van der Waals surface area contributed by atoms with Crippen molar-refractivity contribution in [2.75, 3.05) is 24.2 Å². The van der Waals surface area contributed by atoms with Gasteiger partial charge in [0.1, 0.15) is 11.8 Å². The van der Waals surface area contributed by atoms with Gasteiger partial charge in [0.15, 0.2) is 0 Å². The first-order valence-corrected chi connectivity index (χ1v) is 16.1. The summed E-state index contributed by atoms with van der Waals surface area (Å²) in [6.45, 7) is 8.03. The minimum atomic E-state index is -3.58. The van der Waals surface area contributed by atoms with Crippen LogP contribution in [0.15, 0.2) is 72.8 Å². The summed E-state index contributed by atoms with van der Waals surface area (Å²) in [6.07, 6.45) is 1.87. The highest BCUT2D eigenvalue weighted by atomic mass is 32.2. The number of benzene rings is 3. The maximum atomic E-state index is 13.9. The molecule has 3 aromatic rings. The van der Waals surface area contributed by atoms with Crippen LogP contribution in [0.25, 0.3) is 0 Å². The molecule has 0 heterocycles. The van der Waals surface area contributed by atoms with E-state index in [9.17, 15) is 18.0 Å². The van der Waals surface area contributed by atoms with Crippen molar-refractivity contribution in [1.29, 1.82) is 0 Å². The van der Waals surface area contributed by atoms with Crippen molar-refractivity contribution in [2.45, 2.75) is 65.6 Å². The Bertz CT molecular complexity index is 1460. The second kappa shape index (κ2) is 14.9. The van der Waals surface area contributed by atoms with E-state index in [1.54, 1.807) is 18.1 Å². The normalized spacial score (nSPS) is 12.1. The fraction of sp³-hybridized carbons (Fsp3) is 0.394. The van der Waals surface area contributed by atoms with E-state index in [2.05, 4.69) is 5.32 Å². The monoisotopic (exact) mass is 593 g/mol. The molecule has 8 nitrogen and oxygen atoms in total. The molecule has 0 unspecified atom stereocenters. The third kappa shape index (κ3) is 9.34. The van der Waals surface area contributed by atoms with Crippen LogP contribution in [0, 0.1) is 13.8 Å². The van der Waals surface area contributed by atoms with E-state index < -0.39 is 16.1 Å². The van der Waals surface area contributed by atoms with Crippen LogP contribution >= 0.6 is 0 Å². The van der Waals surface area contributed by atoms with E-state index in [-0.39, 0.29) is 43.8 Å². The zero-order valence-electron chi connectivity index (χ0n) is 25.5. The molecule has 226 valence electrons. The van der Waals surface area contributed by atoms with E-state index in [0.717, 1.165) is 22.3 Å². The summed E-state index contributed by atoms with van der Waals surface area (Å²) >= 11 is 0. The SMILES string of the molecule is COc1cccc(CN(C(=O)CCCN(c2ccc(C)c(C)c2)S(C)(=O)=O)[C@H](Cc2ccccc2)C(=O)NC(C)C)c1. The number of nitrogens with zero attached hydrogens (tertiary/aromatic N) is 2. The van der Waals surface area contributed by atoms with Gasteiger partial charge in [0, 0.05) is 32.0 Å². The van der Waals surface area contributed by atoms with Gasteiger partial charge in [-0.1, -0.05) is 48.5 Å². The first-order valence-electron chi connectivity index (χ1n) is 14.2. The molecule has 0 aromatic heterocycles. The van der Waals surface area contributed by atoms with Crippen molar-refractivity contribution in [3.63, 3.8) is 0 Å². The summed E-state index contributed by atoms with van der Waals surface area (Å²) in [5.74, 6) is 0.188.